The summed E-state index contributed by atoms with van der Waals surface area (Å²) < 4.78 is 1.72. The molecule has 0 saturated heterocycles. The molecule has 3 N–H and O–H groups in total. The highest BCUT2D eigenvalue weighted by atomic mass is 35.5. The Morgan fingerprint density at radius 3 is 2.89 bits per heavy atom. The molecule has 0 atom stereocenters. The molecule has 0 saturated carbocycles. The summed E-state index contributed by atoms with van der Waals surface area (Å²) in [6, 6.07) is 5.55. The number of hydrogen-bond acceptors (Lipinski definition) is 2. The summed E-state index contributed by atoms with van der Waals surface area (Å²) >= 11 is 5.96. The number of aliphatic carboxylic acids is 1. The van der Waals surface area contributed by atoms with Crippen molar-refractivity contribution >= 4 is 28.5 Å². The number of carboxylic acid groups (broad SMARTS) is 1. The molecule has 1 aromatic heterocycles. The van der Waals surface area contributed by atoms with Crippen molar-refractivity contribution in [2.45, 2.75) is 19.4 Å². The van der Waals surface area contributed by atoms with Gasteiger partial charge in [-0.25, -0.2) is 0 Å². The van der Waals surface area contributed by atoms with Gasteiger partial charge in [-0.15, -0.1) is 0 Å². The fraction of sp³-hybridized carbons (Fsp3) is 0.308. The first kappa shape index (κ1) is 12.9. The second kappa shape index (κ2) is 5.42. The van der Waals surface area contributed by atoms with Gasteiger partial charge in [0.15, 0.2) is 0 Å². The van der Waals surface area contributed by atoms with E-state index in [1.54, 1.807) is 10.6 Å². The van der Waals surface area contributed by atoms with Crippen molar-refractivity contribution in [2.24, 2.45) is 5.73 Å². The summed E-state index contributed by atoms with van der Waals surface area (Å²) in [4.78, 5) is 10.8. The minimum atomic E-state index is -0.864. The zero-order valence-electron chi connectivity index (χ0n) is 9.90. The molecule has 1 heterocycles. The molecule has 2 rings (SSSR count). The predicted molar refractivity (Wildman–Crippen MR) is 72.0 cm³/mol. The first-order valence-corrected chi connectivity index (χ1v) is 6.18. The maximum Gasteiger partial charge on any atom is 0.323 e. The summed E-state index contributed by atoms with van der Waals surface area (Å²) in [5.74, 6) is -0.864. The van der Waals surface area contributed by atoms with E-state index in [0.29, 0.717) is 11.6 Å². The molecule has 0 amide bonds. The van der Waals surface area contributed by atoms with Crippen LogP contribution in [-0.4, -0.2) is 22.2 Å². The number of hydrogen-bond donors (Lipinski definition) is 2. The van der Waals surface area contributed by atoms with Gasteiger partial charge in [0, 0.05) is 16.6 Å². The number of carbonyl (C=O) groups is 1. The van der Waals surface area contributed by atoms with Crippen LogP contribution in [0.1, 0.15) is 12.0 Å². The zero-order chi connectivity index (χ0) is 13.1. The van der Waals surface area contributed by atoms with Gasteiger partial charge >= 0.3 is 5.97 Å². The number of fused-ring (bicyclic) bond motifs is 1. The Labute approximate surface area is 110 Å². The first-order chi connectivity index (χ1) is 8.61. The first-order valence-electron chi connectivity index (χ1n) is 5.81. The van der Waals surface area contributed by atoms with Gasteiger partial charge < -0.3 is 15.4 Å². The van der Waals surface area contributed by atoms with E-state index in [4.69, 9.17) is 22.4 Å². The largest absolute Gasteiger partial charge is 0.480 e. The van der Waals surface area contributed by atoms with Crippen molar-refractivity contribution in [3.05, 3.63) is 35.0 Å². The maximum absolute atomic E-state index is 10.8. The third kappa shape index (κ3) is 2.66. The van der Waals surface area contributed by atoms with Gasteiger partial charge in [-0.05, 0) is 37.1 Å². The molecular formula is C13H15ClN2O2. The summed E-state index contributed by atoms with van der Waals surface area (Å²) in [6.45, 7) is 0.568. The van der Waals surface area contributed by atoms with Crippen molar-refractivity contribution in [3.63, 3.8) is 0 Å². The van der Waals surface area contributed by atoms with Crippen LogP contribution >= 0.6 is 11.6 Å². The lowest BCUT2D eigenvalue weighted by molar-refractivity contribution is -0.137. The predicted octanol–water partition coefficient (Wildman–Crippen LogP) is 2.27. The Morgan fingerprint density at radius 2 is 2.22 bits per heavy atom. The molecule has 96 valence electrons. The molecule has 0 spiro atoms. The van der Waals surface area contributed by atoms with Crippen molar-refractivity contribution < 1.29 is 9.90 Å². The lowest BCUT2D eigenvalue weighted by Gasteiger charge is -2.00. The number of nitrogens with zero attached hydrogens (tertiary/aromatic N) is 1. The van der Waals surface area contributed by atoms with E-state index in [-0.39, 0.29) is 6.54 Å². The van der Waals surface area contributed by atoms with Crippen LogP contribution in [0.3, 0.4) is 0 Å². The topological polar surface area (TPSA) is 68.2 Å². The minimum absolute atomic E-state index is 0.0561. The standard InChI is InChI=1S/C13H15ClN2O2/c14-10-3-4-11-9(2-1-5-15)7-16(8-13(17)18)12(11)6-10/h3-4,6-7H,1-2,5,8,15H2,(H,17,18). The van der Waals surface area contributed by atoms with E-state index in [0.717, 1.165) is 29.3 Å². The van der Waals surface area contributed by atoms with Crippen molar-refractivity contribution in [2.75, 3.05) is 6.54 Å². The van der Waals surface area contributed by atoms with Crippen LogP contribution in [0.15, 0.2) is 24.4 Å². The van der Waals surface area contributed by atoms with E-state index < -0.39 is 5.97 Å². The van der Waals surface area contributed by atoms with Gasteiger partial charge in [0.05, 0.1) is 5.52 Å². The number of carboxylic acids is 1. The molecule has 0 unspecified atom stereocenters. The van der Waals surface area contributed by atoms with E-state index in [2.05, 4.69) is 0 Å². The smallest absolute Gasteiger partial charge is 0.323 e. The fourth-order valence-corrected chi connectivity index (χ4v) is 2.28. The Hall–Kier alpha value is -1.52. The number of nitrogens with two attached hydrogens (primary N) is 1. The molecule has 0 bridgehead atoms. The summed E-state index contributed by atoms with van der Waals surface area (Å²) in [7, 11) is 0. The lowest BCUT2D eigenvalue weighted by Crippen LogP contribution is -2.07. The highest BCUT2D eigenvalue weighted by Crippen LogP contribution is 2.25. The molecular weight excluding hydrogens is 252 g/mol. The molecule has 2 aromatic rings. The summed E-state index contributed by atoms with van der Waals surface area (Å²) in [6.07, 6.45) is 3.61. The molecule has 0 aliphatic rings. The number of rotatable bonds is 5. The minimum Gasteiger partial charge on any atom is -0.480 e. The molecule has 5 heteroatoms. The SMILES string of the molecule is NCCCc1cn(CC(=O)O)c2cc(Cl)ccc12. The molecule has 0 fully saturated rings. The molecule has 0 aliphatic heterocycles. The summed E-state index contributed by atoms with van der Waals surface area (Å²) in [5.41, 5.74) is 7.49. The van der Waals surface area contributed by atoms with Crippen molar-refractivity contribution in [1.29, 1.82) is 0 Å². The van der Waals surface area contributed by atoms with E-state index in [1.807, 2.05) is 18.3 Å². The second-order valence-corrected chi connectivity index (χ2v) is 4.67. The Balaban J connectivity index is 2.48. The Bertz CT molecular complexity index is 578. The van der Waals surface area contributed by atoms with Crippen LogP contribution in [0.25, 0.3) is 10.9 Å². The van der Waals surface area contributed by atoms with Gasteiger partial charge in [0.1, 0.15) is 6.54 Å². The summed E-state index contributed by atoms with van der Waals surface area (Å²) in [5, 5.41) is 10.6. The third-order valence-electron chi connectivity index (χ3n) is 2.88. The maximum atomic E-state index is 10.8. The fourth-order valence-electron chi connectivity index (χ4n) is 2.11. The van der Waals surface area contributed by atoms with Gasteiger partial charge in [-0.2, -0.15) is 0 Å². The highest BCUT2D eigenvalue weighted by molar-refractivity contribution is 6.31. The molecule has 1 aromatic carbocycles. The average Bonchev–Trinajstić information content (AvgIpc) is 2.64. The van der Waals surface area contributed by atoms with Crippen LogP contribution in [-0.2, 0) is 17.8 Å². The number of aryl methyl sites for hydroxylation is 1. The second-order valence-electron chi connectivity index (χ2n) is 4.23. The van der Waals surface area contributed by atoms with E-state index >= 15 is 0 Å². The number of aromatic nitrogens is 1. The van der Waals surface area contributed by atoms with Crippen LogP contribution in [0.2, 0.25) is 5.02 Å². The quantitative estimate of drug-likeness (QED) is 0.872. The number of benzene rings is 1. The van der Waals surface area contributed by atoms with Crippen LogP contribution < -0.4 is 5.73 Å². The van der Waals surface area contributed by atoms with Crippen molar-refractivity contribution in [3.8, 4) is 0 Å². The van der Waals surface area contributed by atoms with Gasteiger partial charge in [-0.3, -0.25) is 4.79 Å². The normalized spacial score (nSPS) is 11.0. The molecule has 0 radical (unpaired) electrons. The molecule has 4 nitrogen and oxygen atoms in total. The van der Waals surface area contributed by atoms with E-state index in [1.165, 1.54) is 0 Å². The highest BCUT2D eigenvalue weighted by Gasteiger charge is 2.10. The lowest BCUT2D eigenvalue weighted by atomic mass is 10.1. The van der Waals surface area contributed by atoms with Crippen LogP contribution in [0, 0.1) is 0 Å². The van der Waals surface area contributed by atoms with Crippen LogP contribution in [0.5, 0.6) is 0 Å². The number of halogens is 1. The average molecular weight is 267 g/mol. The molecule has 0 aliphatic carbocycles. The van der Waals surface area contributed by atoms with Crippen molar-refractivity contribution in [1.82, 2.24) is 4.57 Å². The van der Waals surface area contributed by atoms with Crippen LogP contribution in [0.4, 0.5) is 0 Å². The Kier molecular flexibility index (Phi) is 3.89. The monoisotopic (exact) mass is 266 g/mol. The molecule has 18 heavy (non-hydrogen) atoms. The van der Waals surface area contributed by atoms with Gasteiger partial charge in [0.2, 0.25) is 0 Å². The van der Waals surface area contributed by atoms with Gasteiger partial charge in [-0.1, -0.05) is 17.7 Å². The zero-order valence-corrected chi connectivity index (χ0v) is 10.7. The van der Waals surface area contributed by atoms with Gasteiger partial charge in [0.25, 0.3) is 0 Å². The Morgan fingerprint density at radius 1 is 1.44 bits per heavy atom. The third-order valence-corrected chi connectivity index (χ3v) is 3.12. The van der Waals surface area contributed by atoms with E-state index in [9.17, 15) is 4.79 Å².